The first-order valence-electron chi connectivity index (χ1n) is 8.86. The van der Waals surface area contributed by atoms with Crippen LogP contribution in [0.3, 0.4) is 0 Å². The molecule has 0 amide bonds. The Morgan fingerprint density at radius 2 is 1.10 bits per heavy atom. The topological polar surface area (TPSA) is 0 Å². The molecular formula is C18H30Cl2. The van der Waals surface area contributed by atoms with Gasteiger partial charge in [-0.3, -0.25) is 0 Å². The van der Waals surface area contributed by atoms with Gasteiger partial charge in [-0.25, -0.2) is 0 Å². The van der Waals surface area contributed by atoms with Gasteiger partial charge < -0.3 is 0 Å². The predicted molar refractivity (Wildman–Crippen MR) is 88.4 cm³/mol. The van der Waals surface area contributed by atoms with Crippen molar-refractivity contribution in [1.29, 1.82) is 0 Å². The molecule has 20 heavy (non-hydrogen) atoms. The fourth-order valence-corrected chi connectivity index (χ4v) is 6.61. The quantitative estimate of drug-likeness (QED) is 0.495. The Morgan fingerprint density at radius 3 is 1.35 bits per heavy atom. The van der Waals surface area contributed by atoms with Crippen LogP contribution in [-0.4, -0.2) is 4.33 Å². The number of alkyl halides is 2. The third-order valence-electron chi connectivity index (χ3n) is 7.29. The van der Waals surface area contributed by atoms with E-state index in [1.807, 2.05) is 0 Å². The van der Waals surface area contributed by atoms with Gasteiger partial charge in [-0.05, 0) is 69.6 Å². The van der Waals surface area contributed by atoms with Gasteiger partial charge in [0, 0.05) is 10.8 Å². The van der Waals surface area contributed by atoms with Gasteiger partial charge in [-0.2, -0.15) is 0 Å². The molecule has 0 aliphatic heterocycles. The van der Waals surface area contributed by atoms with E-state index < -0.39 is 4.33 Å². The molecule has 3 aliphatic rings. The van der Waals surface area contributed by atoms with Gasteiger partial charge in [0.25, 0.3) is 0 Å². The lowest BCUT2D eigenvalue weighted by Crippen LogP contribution is -2.66. The fourth-order valence-electron chi connectivity index (χ4n) is 5.58. The Kier molecular flexibility index (Phi) is 4.13. The molecule has 0 unspecified atom stereocenters. The normalized spacial score (nSPS) is 47.4. The molecule has 0 aromatic heterocycles. The van der Waals surface area contributed by atoms with Crippen LogP contribution in [0.1, 0.15) is 84.5 Å². The summed E-state index contributed by atoms with van der Waals surface area (Å²) in [4.78, 5) is 0. The summed E-state index contributed by atoms with van der Waals surface area (Å²) in [5.41, 5.74) is 0.529. The van der Waals surface area contributed by atoms with E-state index in [1.165, 1.54) is 70.6 Å². The van der Waals surface area contributed by atoms with Crippen molar-refractivity contribution >= 4 is 23.2 Å². The van der Waals surface area contributed by atoms with Crippen LogP contribution in [-0.2, 0) is 0 Å². The molecule has 0 atom stereocenters. The molecule has 0 aromatic carbocycles. The van der Waals surface area contributed by atoms with E-state index >= 15 is 0 Å². The molecule has 3 rings (SSSR count). The van der Waals surface area contributed by atoms with E-state index in [0.717, 1.165) is 11.8 Å². The third-order valence-corrected chi connectivity index (χ3v) is 8.89. The lowest BCUT2D eigenvalue weighted by molar-refractivity contribution is -0.115. The highest BCUT2D eigenvalue weighted by atomic mass is 35.5. The number of halogens is 2. The minimum atomic E-state index is -0.433. The largest absolute Gasteiger partial charge is 0.129 e. The maximum absolute atomic E-state index is 7.02. The second-order valence-electron chi connectivity index (χ2n) is 8.02. The average molecular weight is 317 g/mol. The van der Waals surface area contributed by atoms with Gasteiger partial charge in [0.15, 0.2) is 0 Å². The van der Waals surface area contributed by atoms with Crippen molar-refractivity contribution in [3.8, 4) is 0 Å². The van der Waals surface area contributed by atoms with Crippen molar-refractivity contribution in [3.05, 3.63) is 0 Å². The van der Waals surface area contributed by atoms with Crippen molar-refractivity contribution in [2.45, 2.75) is 88.8 Å². The monoisotopic (exact) mass is 316 g/mol. The van der Waals surface area contributed by atoms with E-state index in [0.29, 0.717) is 0 Å². The average Bonchev–Trinajstić information content (AvgIpc) is 2.48. The Bertz CT molecular complexity index is 312. The smallest absolute Gasteiger partial charge is 0.100 e. The molecule has 2 heteroatoms. The summed E-state index contributed by atoms with van der Waals surface area (Å²) in [7, 11) is 0. The SMILES string of the molecule is CCC1CC[C@]2(CC1)C[C@@]1(CCC(CC)CC1)C2(Cl)Cl. The molecule has 0 radical (unpaired) electrons. The zero-order valence-corrected chi connectivity index (χ0v) is 14.7. The molecular weight excluding hydrogens is 287 g/mol. The molecule has 0 heterocycles. The van der Waals surface area contributed by atoms with Gasteiger partial charge >= 0.3 is 0 Å². The third kappa shape index (κ3) is 2.08. The van der Waals surface area contributed by atoms with Crippen molar-refractivity contribution in [1.82, 2.24) is 0 Å². The minimum Gasteiger partial charge on any atom is -0.100 e. The standard InChI is InChI=1S/C18H30Cl2/c1-3-14-5-9-16(10-6-14)13-17(18(16,19)20)11-7-15(4-2)8-12-17/h14-15H,3-13H2,1-2H3/t14?,15?,16-,17-. The van der Waals surface area contributed by atoms with Gasteiger partial charge in [0.2, 0.25) is 0 Å². The summed E-state index contributed by atoms with van der Waals surface area (Å²) in [5.74, 6) is 1.86. The Labute approximate surface area is 135 Å². The number of hydrogen-bond acceptors (Lipinski definition) is 0. The van der Waals surface area contributed by atoms with Crippen LogP contribution in [0, 0.1) is 22.7 Å². The van der Waals surface area contributed by atoms with Crippen LogP contribution < -0.4 is 0 Å². The van der Waals surface area contributed by atoms with Crippen LogP contribution in [0.4, 0.5) is 0 Å². The minimum absolute atomic E-state index is 0.265. The number of rotatable bonds is 2. The Balaban J connectivity index is 1.68. The second-order valence-corrected chi connectivity index (χ2v) is 9.34. The van der Waals surface area contributed by atoms with Crippen molar-refractivity contribution < 1.29 is 0 Å². The second kappa shape index (κ2) is 5.34. The summed E-state index contributed by atoms with van der Waals surface area (Å²) in [6.07, 6.45) is 14.5. The molecule has 0 nitrogen and oxygen atoms in total. The zero-order chi connectivity index (χ0) is 14.4. The Hall–Kier alpha value is 0.580. The summed E-state index contributed by atoms with van der Waals surface area (Å²) in [6, 6.07) is 0. The van der Waals surface area contributed by atoms with Crippen LogP contribution >= 0.6 is 23.2 Å². The lowest BCUT2D eigenvalue weighted by Gasteiger charge is -2.69. The molecule has 0 saturated heterocycles. The molecule has 2 spiro atoms. The van der Waals surface area contributed by atoms with Crippen LogP contribution in [0.25, 0.3) is 0 Å². The lowest BCUT2D eigenvalue weighted by atomic mass is 9.43. The van der Waals surface area contributed by atoms with E-state index in [9.17, 15) is 0 Å². The molecule has 3 saturated carbocycles. The first kappa shape index (κ1) is 15.5. The van der Waals surface area contributed by atoms with E-state index in [1.54, 1.807) is 0 Å². The van der Waals surface area contributed by atoms with Crippen molar-refractivity contribution in [2.24, 2.45) is 22.7 Å². The van der Waals surface area contributed by atoms with E-state index in [2.05, 4.69) is 13.8 Å². The molecule has 0 N–H and O–H groups in total. The highest BCUT2D eigenvalue weighted by Gasteiger charge is 2.71. The fraction of sp³-hybridized carbons (Fsp3) is 1.00. The van der Waals surface area contributed by atoms with Crippen LogP contribution in [0.5, 0.6) is 0 Å². The molecule has 0 aromatic rings. The molecule has 0 bridgehead atoms. The first-order chi connectivity index (χ1) is 9.49. The predicted octanol–water partition coefficient (Wildman–Crippen LogP) is 6.74. The van der Waals surface area contributed by atoms with Gasteiger partial charge in [0.05, 0.1) is 0 Å². The van der Waals surface area contributed by atoms with Crippen molar-refractivity contribution in [2.75, 3.05) is 0 Å². The van der Waals surface area contributed by atoms with Gasteiger partial charge in [0.1, 0.15) is 4.33 Å². The first-order valence-corrected chi connectivity index (χ1v) is 9.62. The van der Waals surface area contributed by atoms with Crippen LogP contribution in [0.15, 0.2) is 0 Å². The molecule has 3 fully saturated rings. The Morgan fingerprint density at radius 1 is 0.750 bits per heavy atom. The van der Waals surface area contributed by atoms with Gasteiger partial charge in [-0.15, -0.1) is 23.2 Å². The van der Waals surface area contributed by atoms with Crippen molar-refractivity contribution in [3.63, 3.8) is 0 Å². The molecule has 116 valence electrons. The summed E-state index contributed by atoms with van der Waals surface area (Å²) in [6.45, 7) is 4.65. The highest BCUT2D eigenvalue weighted by Crippen LogP contribution is 2.76. The van der Waals surface area contributed by atoms with E-state index in [4.69, 9.17) is 23.2 Å². The summed E-state index contributed by atoms with van der Waals surface area (Å²) >= 11 is 14.0. The van der Waals surface area contributed by atoms with Gasteiger partial charge in [-0.1, -0.05) is 26.7 Å². The van der Waals surface area contributed by atoms with E-state index in [-0.39, 0.29) is 10.8 Å². The molecule has 3 aliphatic carbocycles. The van der Waals surface area contributed by atoms with Crippen LogP contribution in [0.2, 0.25) is 0 Å². The summed E-state index contributed by atoms with van der Waals surface area (Å²) < 4.78 is -0.433. The highest BCUT2D eigenvalue weighted by molar-refractivity contribution is 6.50. The maximum atomic E-state index is 7.02. The maximum Gasteiger partial charge on any atom is 0.129 e. The zero-order valence-electron chi connectivity index (χ0n) is 13.2. The summed E-state index contributed by atoms with van der Waals surface area (Å²) in [5, 5.41) is 0. The number of hydrogen-bond donors (Lipinski definition) is 0.